The van der Waals surface area contributed by atoms with E-state index in [-0.39, 0.29) is 33.8 Å². The Labute approximate surface area is 220 Å². The Bertz CT molecular complexity index is 1450. The van der Waals surface area contributed by atoms with E-state index in [1.165, 1.54) is 42.6 Å². The maximum absolute atomic E-state index is 12.6. The molecule has 0 bridgehead atoms. The van der Waals surface area contributed by atoms with E-state index in [1.807, 2.05) is 20.8 Å². The number of aldehydes is 1. The number of azo groups is 1. The summed E-state index contributed by atoms with van der Waals surface area (Å²) in [6.45, 7) is 6.53. The summed E-state index contributed by atoms with van der Waals surface area (Å²) in [4.78, 5) is 28.9. The molecule has 0 amide bonds. The second-order valence-electron chi connectivity index (χ2n) is 9.73. The molecule has 2 aromatic carbocycles. The zero-order chi connectivity index (χ0) is 28.1. The number of pyridine rings is 1. The number of rotatable bonds is 10. The summed E-state index contributed by atoms with van der Waals surface area (Å²) in [6.07, 6.45) is 1.82. The number of carbonyl (C=O) groups excluding carboxylic acids is 1. The predicted molar refractivity (Wildman–Crippen MR) is 143 cm³/mol. The third-order valence-electron chi connectivity index (χ3n) is 5.29. The third kappa shape index (κ3) is 6.91. The lowest BCUT2D eigenvalue weighted by Crippen LogP contribution is -2.30. The van der Waals surface area contributed by atoms with Gasteiger partial charge in [0, 0.05) is 31.8 Å². The highest BCUT2D eigenvalue weighted by atomic mass is 32.2. The van der Waals surface area contributed by atoms with Gasteiger partial charge in [0.1, 0.15) is 29.1 Å². The number of aromatic hydroxyl groups is 1. The molecule has 200 valence electrons. The van der Waals surface area contributed by atoms with Gasteiger partial charge >= 0.3 is 5.97 Å². The monoisotopic (exact) mass is 539 g/mol. The van der Waals surface area contributed by atoms with E-state index < -0.39 is 27.3 Å². The lowest BCUT2D eigenvalue weighted by molar-refractivity contribution is -0.107. The quantitative estimate of drug-likeness (QED) is 0.241. The number of carboxylic acid groups (broad SMARTS) is 1. The number of aromatic nitrogens is 1. The average molecular weight is 540 g/mol. The fraction of sp³-hybridized carbons (Fsp3) is 0.269. The fourth-order valence-electron chi connectivity index (χ4n) is 3.86. The van der Waals surface area contributed by atoms with E-state index in [2.05, 4.69) is 19.9 Å². The van der Waals surface area contributed by atoms with Gasteiger partial charge in [-0.1, -0.05) is 26.8 Å². The van der Waals surface area contributed by atoms with Crippen molar-refractivity contribution in [1.29, 1.82) is 0 Å². The zero-order valence-electron chi connectivity index (χ0n) is 21.4. The van der Waals surface area contributed by atoms with Crippen LogP contribution in [-0.2, 0) is 21.2 Å². The summed E-state index contributed by atoms with van der Waals surface area (Å²) in [5, 5.41) is 28.6. The molecule has 0 atom stereocenters. The zero-order valence-corrected chi connectivity index (χ0v) is 22.2. The van der Waals surface area contributed by atoms with Crippen molar-refractivity contribution in [3.05, 3.63) is 65.9 Å². The van der Waals surface area contributed by atoms with E-state index >= 15 is 0 Å². The highest BCUT2D eigenvalue weighted by Crippen LogP contribution is 2.42. The molecule has 0 aliphatic rings. The molecule has 0 aliphatic heterocycles. The SMILES string of the molecule is CN(CC(C)(C)C)c1c(N=Nc2ccc(S(=O)(=O)Nc3ccccn3)cc2)cc(C(=O)O)c(O)c1CC=O. The Balaban J connectivity index is 2.01. The van der Waals surface area contributed by atoms with Crippen molar-refractivity contribution in [3.63, 3.8) is 0 Å². The number of hydrogen-bond donors (Lipinski definition) is 3. The fourth-order valence-corrected chi connectivity index (χ4v) is 4.87. The number of carboxylic acids is 1. The summed E-state index contributed by atoms with van der Waals surface area (Å²) in [5.41, 5.74) is 0.351. The van der Waals surface area contributed by atoms with Crippen LogP contribution in [0.15, 0.2) is 69.9 Å². The van der Waals surface area contributed by atoms with Crippen molar-refractivity contribution in [3.8, 4) is 5.75 Å². The van der Waals surface area contributed by atoms with E-state index in [4.69, 9.17) is 0 Å². The maximum Gasteiger partial charge on any atom is 0.339 e. The minimum atomic E-state index is -3.88. The number of hydrogen-bond acceptors (Lipinski definition) is 9. The van der Waals surface area contributed by atoms with Gasteiger partial charge in [-0.3, -0.25) is 4.72 Å². The largest absolute Gasteiger partial charge is 0.507 e. The van der Waals surface area contributed by atoms with Crippen molar-refractivity contribution < 1.29 is 28.2 Å². The first-order chi connectivity index (χ1) is 17.8. The first kappa shape index (κ1) is 28.3. The minimum Gasteiger partial charge on any atom is -0.507 e. The standard InChI is InChI=1S/C26H29N5O6S/c1-26(2,3)16-31(4)23-19(12-14-32)24(33)20(25(34)35)15-21(23)29-28-17-8-10-18(11-9-17)38(36,37)30-22-7-5-6-13-27-22/h5-11,13-15,33H,12,16H2,1-4H3,(H,27,30)(H,34,35). The number of benzene rings is 2. The summed E-state index contributed by atoms with van der Waals surface area (Å²) in [5.74, 6) is -1.71. The van der Waals surface area contributed by atoms with Gasteiger partial charge in [-0.25, -0.2) is 18.2 Å². The summed E-state index contributed by atoms with van der Waals surface area (Å²) in [6, 6.07) is 11.6. The first-order valence-corrected chi connectivity index (χ1v) is 13.0. The second-order valence-corrected chi connectivity index (χ2v) is 11.4. The summed E-state index contributed by atoms with van der Waals surface area (Å²) >= 11 is 0. The van der Waals surface area contributed by atoms with Gasteiger partial charge in [0.2, 0.25) is 0 Å². The lowest BCUT2D eigenvalue weighted by atomic mass is 9.94. The van der Waals surface area contributed by atoms with Crippen LogP contribution in [0.4, 0.5) is 22.9 Å². The van der Waals surface area contributed by atoms with Gasteiger partial charge in [0.25, 0.3) is 10.0 Å². The smallest absolute Gasteiger partial charge is 0.339 e. The normalized spacial score (nSPS) is 11.9. The van der Waals surface area contributed by atoms with Crippen molar-refractivity contribution in [2.24, 2.45) is 15.6 Å². The van der Waals surface area contributed by atoms with Crippen LogP contribution in [0, 0.1) is 5.41 Å². The van der Waals surface area contributed by atoms with Crippen LogP contribution in [0.25, 0.3) is 0 Å². The predicted octanol–water partition coefficient (Wildman–Crippen LogP) is 4.93. The van der Waals surface area contributed by atoms with Crippen LogP contribution < -0.4 is 9.62 Å². The molecule has 0 aliphatic carbocycles. The molecule has 12 heteroatoms. The minimum absolute atomic E-state index is 0.0150. The van der Waals surface area contributed by atoms with Crippen molar-refractivity contribution in [1.82, 2.24) is 4.98 Å². The maximum atomic E-state index is 12.6. The molecular formula is C26H29N5O6S. The molecule has 0 fully saturated rings. The van der Waals surface area contributed by atoms with Crippen molar-refractivity contribution >= 4 is 45.2 Å². The molecule has 11 nitrogen and oxygen atoms in total. The Morgan fingerprint density at radius 3 is 2.37 bits per heavy atom. The van der Waals surface area contributed by atoms with Crippen molar-refractivity contribution in [2.45, 2.75) is 32.1 Å². The van der Waals surface area contributed by atoms with E-state index in [0.717, 1.165) is 0 Å². The molecule has 1 heterocycles. The molecule has 3 N–H and O–H groups in total. The number of anilines is 2. The number of nitrogens with one attached hydrogen (secondary N) is 1. The molecule has 0 unspecified atom stereocenters. The Morgan fingerprint density at radius 1 is 1.13 bits per heavy atom. The number of aromatic carboxylic acids is 1. The second kappa shape index (κ2) is 11.4. The van der Waals surface area contributed by atoms with Gasteiger partial charge in [0.05, 0.1) is 16.3 Å². The topological polar surface area (TPSA) is 162 Å². The molecule has 0 saturated carbocycles. The van der Waals surface area contributed by atoms with Crippen LogP contribution in [0.2, 0.25) is 0 Å². The highest BCUT2D eigenvalue weighted by Gasteiger charge is 2.25. The third-order valence-corrected chi connectivity index (χ3v) is 6.66. The molecule has 3 aromatic rings. The number of nitrogens with zero attached hydrogens (tertiary/aromatic N) is 4. The molecule has 0 saturated heterocycles. The summed E-state index contributed by atoms with van der Waals surface area (Å²) in [7, 11) is -2.13. The molecule has 0 radical (unpaired) electrons. The van der Waals surface area contributed by atoms with Crippen LogP contribution in [0.1, 0.15) is 36.7 Å². The molecule has 38 heavy (non-hydrogen) atoms. The number of sulfonamides is 1. The van der Waals surface area contributed by atoms with Gasteiger partial charge in [-0.15, -0.1) is 5.11 Å². The van der Waals surface area contributed by atoms with Crippen LogP contribution in [0.3, 0.4) is 0 Å². The molecule has 3 rings (SSSR count). The van der Waals surface area contributed by atoms with E-state index in [0.29, 0.717) is 24.2 Å². The first-order valence-electron chi connectivity index (χ1n) is 11.5. The van der Waals surface area contributed by atoms with Crippen LogP contribution >= 0.6 is 0 Å². The van der Waals surface area contributed by atoms with Gasteiger partial charge < -0.3 is 19.9 Å². The van der Waals surface area contributed by atoms with Crippen LogP contribution in [-0.4, -0.2) is 49.5 Å². The molecular weight excluding hydrogens is 510 g/mol. The Kier molecular flexibility index (Phi) is 8.46. The van der Waals surface area contributed by atoms with Crippen molar-refractivity contribution in [2.75, 3.05) is 23.2 Å². The number of phenols is 1. The highest BCUT2D eigenvalue weighted by molar-refractivity contribution is 7.92. The number of carbonyl (C=O) groups is 2. The van der Waals surface area contributed by atoms with E-state index in [9.17, 15) is 28.2 Å². The van der Waals surface area contributed by atoms with Gasteiger partial charge in [0.15, 0.2) is 0 Å². The molecule has 1 aromatic heterocycles. The Morgan fingerprint density at radius 2 is 1.82 bits per heavy atom. The summed E-state index contributed by atoms with van der Waals surface area (Å²) < 4.78 is 27.7. The van der Waals surface area contributed by atoms with E-state index in [1.54, 1.807) is 24.1 Å². The average Bonchev–Trinajstić information content (AvgIpc) is 2.83. The van der Waals surface area contributed by atoms with Gasteiger partial charge in [-0.2, -0.15) is 5.11 Å². The van der Waals surface area contributed by atoms with Crippen LogP contribution in [0.5, 0.6) is 5.75 Å². The Hall–Kier alpha value is -4.32. The molecule has 0 spiro atoms. The van der Waals surface area contributed by atoms with Gasteiger partial charge in [-0.05, 0) is 47.9 Å². The lowest BCUT2D eigenvalue weighted by Gasteiger charge is -2.31.